The number of anilines is 1. The Morgan fingerprint density at radius 2 is 1.81 bits per heavy atom. The van der Waals surface area contributed by atoms with Gasteiger partial charge in [-0.1, -0.05) is 32.0 Å². The first-order valence-electron chi connectivity index (χ1n) is 11.0. The van der Waals surface area contributed by atoms with E-state index in [1.54, 1.807) is 6.07 Å². The molecule has 1 aliphatic heterocycles. The number of amides is 1. The Hall–Kier alpha value is -2.25. The zero-order valence-electron chi connectivity index (χ0n) is 18.8. The largest absolute Gasteiger partial charge is 0.497 e. The fraction of sp³-hybridized carbons (Fsp3) is 0.458. The number of hydrogen-bond donors (Lipinski definition) is 1. The van der Waals surface area contributed by atoms with Gasteiger partial charge in [-0.3, -0.25) is 4.79 Å². The van der Waals surface area contributed by atoms with E-state index in [2.05, 4.69) is 36.2 Å². The quantitative estimate of drug-likeness (QED) is 0.558. The third kappa shape index (κ3) is 5.95. The number of halogens is 1. The summed E-state index contributed by atoms with van der Waals surface area (Å²) in [5.74, 6) is 0.339. The van der Waals surface area contributed by atoms with E-state index >= 15 is 0 Å². The molecule has 3 rings (SSSR count). The lowest BCUT2D eigenvalue weighted by atomic mass is 9.93. The molecule has 174 valence electrons. The van der Waals surface area contributed by atoms with Crippen LogP contribution in [-0.2, 0) is 20.3 Å². The van der Waals surface area contributed by atoms with Gasteiger partial charge in [0.2, 0.25) is 5.91 Å². The number of methoxy groups -OCH3 is 1. The van der Waals surface area contributed by atoms with Gasteiger partial charge in [0.05, 0.1) is 24.5 Å². The van der Waals surface area contributed by atoms with Gasteiger partial charge in [-0.15, -0.1) is 0 Å². The third-order valence-corrected chi connectivity index (χ3v) is 7.26. The fourth-order valence-corrected chi connectivity index (χ4v) is 5.36. The molecule has 2 aromatic rings. The molecular formula is C24H31ClN2O4S. The Bertz CT molecular complexity index is 1050. The van der Waals surface area contributed by atoms with Crippen LogP contribution in [0.2, 0.25) is 0 Å². The van der Waals surface area contributed by atoms with Crippen LogP contribution >= 0.6 is 10.7 Å². The molecular weight excluding hydrogens is 448 g/mol. The second-order valence-corrected chi connectivity index (χ2v) is 11.0. The van der Waals surface area contributed by atoms with Crippen LogP contribution in [0.25, 0.3) is 0 Å². The molecule has 0 aliphatic carbocycles. The highest BCUT2D eigenvalue weighted by Gasteiger charge is 2.25. The number of carbonyl (C=O) groups excluding carboxylic acids is 1. The summed E-state index contributed by atoms with van der Waals surface area (Å²) in [4.78, 5) is 15.4. The average Bonchev–Trinajstić information content (AvgIpc) is 2.77. The van der Waals surface area contributed by atoms with Crippen LogP contribution in [0, 0.1) is 5.92 Å². The molecule has 1 amide bonds. The van der Waals surface area contributed by atoms with E-state index in [1.807, 2.05) is 12.1 Å². The first-order chi connectivity index (χ1) is 15.2. The standard InChI is InChI=1S/C24H31ClN2O4S/c1-17(2)24(20-9-5-6-10-21(20)27-13-7-4-8-14-27)26-23(28)16-18-15-19(31-3)11-12-22(18)32(25,29)30/h5-6,9-12,15,17,24H,4,7-8,13-14,16H2,1-3H3,(H,26,28). The van der Waals surface area contributed by atoms with Crippen molar-refractivity contribution < 1.29 is 17.9 Å². The van der Waals surface area contributed by atoms with E-state index in [1.165, 1.54) is 38.5 Å². The molecule has 0 radical (unpaired) electrons. The minimum absolute atomic E-state index is 0.0788. The van der Waals surface area contributed by atoms with Gasteiger partial charge in [-0.05, 0) is 60.6 Å². The Labute approximate surface area is 195 Å². The average molecular weight is 479 g/mol. The molecule has 1 atom stereocenters. The lowest BCUT2D eigenvalue weighted by Crippen LogP contribution is -2.36. The van der Waals surface area contributed by atoms with Gasteiger partial charge in [0.25, 0.3) is 9.05 Å². The molecule has 1 saturated heterocycles. The van der Waals surface area contributed by atoms with Crippen molar-refractivity contribution in [3.8, 4) is 5.75 Å². The van der Waals surface area contributed by atoms with Gasteiger partial charge in [-0.2, -0.15) is 0 Å². The molecule has 1 aliphatic rings. The molecule has 1 heterocycles. The van der Waals surface area contributed by atoms with Gasteiger partial charge in [0, 0.05) is 29.5 Å². The number of nitrogens with one attached hydrogen (secondary N) is 1. The minimum Gasteiger partial charge on any atom is -0.497 e. The first-order valence-corrected chi connectivity index (χ1v) is 13.3. The molecule has 6 nitrogen and oxygen atoms in total. The lowest BCUT2D eigenvalue weighted by Gasteiger charge is -2.34. The monoisotopic (exact) mass is 478 g/mol. The summed E-state index contributed by atoms with van der Waals surface area (Å²) in [6.07, 6.45) is 3.46. The van der Waals surface area contributed by atoms with E-state index < -0.39 is 9.05 Å². The molecule has 32 heavy (non-hydrogen) atoms. The van der Waals surface area contributed by atoms with Crippen LogP contribution in [-0.4, -0.2) is 34.5 Å². The summed E-state index contributed by atoms with van der Waals surface area (Å²) in [6.45, 7) is 6.16. The van der Waals surface area contributed by atoms with E-state index in [-0.39, 0.29) is 29.2 Å². The summed E-state index contributed by atoms with van der Waals surface area (Å²) in [6, 6.07) is 12.4. The molecule has 8 heteroatoms. The van der Waals surface area contributed by atoms with Gasteiger partial charge in [0.1, 0.15) is 5.75 Å². The van der Waals surface area contributed by atoms with Crippen molar-refractivity contribution in [3.05, 3.63) is 53.6 Å². The summed E-state index contributed by atoms with van der Waals surface area (Å²) in [5.41, 5.74) is 2.54. The maximum absolute atomic E-state index is 13.1. The molecule has 0 aromatic heterocycles. The van der Waals surface area contributed by atoms with Crippen LogP contribution in [0.3, 0.4) is 0 Å². The third-order valence-electron chi connectivity index (χ3n) is 5.83. The molecule has 1 N–H and O–H groups in total. The molecule has 2 aromatic carbocycles. The van der Waals surface area contributed by atoms with Gasteiger partial charge in [0.15, 0.2) is 0 Å². The second kappa shape index (κ2) is 10.6. The number of nitrogens with zero attached hydrogens (tertiary/aromatic N) is 1. The summed E-state index contributed by atoms with van der Waals surface area (Å²) >= 11 is 0. The molecule has 0 bridgehead atoms. The number of hydrogen-bond acceptors (Lipinski definition) is 5. The van der Waals surface area contributed by atoms with E-state index in [0.717, 1.165) is 24.3 Å². The summed E-state index contributed by atoms with van der Waals surface area (Å²) in [5, 5.41) is 3.13. The zero-order chi connectivity index (χ0) is 23.3. The Morgan fingerprint density at radius 1 is 1.12 bits per heavy atom. The highest BCUT2D eigenvalue weighted by molar-refractivity contribution is 8.13. The number of carbonyl (C=O) groups is 1. The van der Waals surface area contributed by atoms with Crippen molar-refractivity contribution in [3.63, 3.8) is 0 Å². The smallest absolute Gasteiger partial charge is 0.261 e. The maximum Gasteiger partial charge on any atom is 0.261 e. The minimum atomic E-state index is -3.99. The topological polar surface area (TPSA) is 75.7 Å². The van der Waals surface area contributed by atoms with Gasteiger partial charge >= 0.3 is 0 Å². The van der Waals surface area contributed by atoms with Crippen molar-refractivity contribution in [2.45, 2.75) is 50.5 Å². The van der Waals surface area contributed by atoms with Crippen molar-refractivity contribution in [1.82, 2.24) is 5.32 Å². The number of para-hydroxylation sites is 1. The van der Waals surface area contributed by atoms with Crippen molar-refractivity contribution in [2.24, 2.45) is 5.92 Å². The maximum atomic E-state index is 13.1. The van der Waals surface area contributed by atoms with E-state index in [9.17, 15) is 13.2 Å². The van der Waals surface area contributed by atoms with Crippen LogP contribution < -0.4 is 15.0 Å². The van der Waals surface area contributed by atoms with E-state index in [4.69, 9.17) is 15.4 Å². The lowest BCUT2D eigenvalue weighted by molar-refractivity contribution is -0.121. The van der Waals surface area contributed by atoms with Crippen LogP contribution in [0.5, 0.6) is 5.75 Å². The number of ether oxygens (including phenoxy) is 1. The fourth-order valence-electron chi connectivity index (χ4n) is 4.23. The predicted molar refractivity (Wildman–Crippen MR) is 128 cm³/mol. The second-order valence-electron chi connectivity index (χ2n) is 8.48. The predicted octanol–water partition coefficient (Wildman–Crippen LogP) is 4.67. The van der Waals surface area contributed by atoms with E-state index in [0.29, 0.717) is 11.3 Å². The Kier molecular flexibility index (Phi) is 8.06. The van der Waals surface area contributed by atoms with Gasteiger partial charge in [-0.25, -0.2) is 8.42 Å². The molecule has 0 saturated carbocycles. The van der Waals surface area contributed by atoms with Crippen molar-refractivity contribution in [2.75, 3.05) is 25.1 Å². The Balaban J connectivity index is 1.87. The van der Waals surface area contributed by atoms with Crippen LogP contribution in [0.1, 0.15) is 50.3 Å². The molecule has 0 spiro atoms. The number of piperidine rings is 1. The highest BCUT2D eigenvalue weighted by Crippen LogP contribution is 2.33. The molecule has 1 unspecified atom stereocenters. The normalized spacial score (nSPS) is 15.5. The number of benzene rings is 2. The zero-order valence-corrected chi connectivity index (χ0v) is 20.4. The highest BCUT2D eigenvalue weighted by atomic mass is 35.7. The van der Waals surface area contributed by atoms with Crippen LogP contribution in [0.4, 0.5) is 5.69 Å². The number of rotatable bonds is 8. The van der Waals surface area contributed by atoms with Crippen molar-refractivity contribution >= 4 is 31.3 Å². The molecule has 1 fully saturated rings. The first kappa shape index (κ1) is 24.4. The summed E-state index contributed by atoms with van der Waals surface area (Å²) < 4.78 is 29.2. The summed E-state index contributed by atoms with van der Waals surface area (Å²) in [7, 11) is 3.09. The van der Waals surface area contributed by atoms with Crippen LogP contribution in [0.15, 0.2) is 47.4 Å². The van der Waals surface area contributed by atoms with Gasteiger partial charge < -0.3 is 15.0 Å². The Morgan fingerprint density at radius 3 is 2.44 bits per heavy atom. The van der Waals surface area contributed by atoms with Crippen molar-refractivity contribution in [1.29, 1.82) is 0 Å². The SMILES string of the molecule is COc1ccc(S(=O)(=O)Cl)c(CC(=O)NC(c2ccccc2N2CCCCC2)C(C)C)c1.